The normalized spacial score (nSPS) is 29.6. The van der Waals surface area contributed by atoms with E-state index in [1.54, 1.807) is 0 Å². The maximum atomic E-state index is 12.2. The lowest BCUT2D eigenvalue weighted by atomic mass is 9.77. The van der Waals surface area contributed by atoms with Crippen molar-refractivity contribution in [2.24, 2.45) is 17.8 Å². The van der Waals surface area contributed by atoms with E-state index in [1.807, 2.05) is 0 Å². The number of rotatable bonds is 3. The van der Waals surface area contributed by atoms with E-state index in [0.717, 1.165) is 25.7 Å². The quantitative estimate of drug-likeness (QED) is 0.587. The van der Waals surface area contributed by atoms with Gasteiger partial charge in [-0.3, -0.25) is 0 Å². The molecule has 0 saturated heterocycles. The van der Waals surface area contributed by atoms with Crippen molar-refractivity contribution in [2.75, 3.05) is 6.16 Å². The van der Waals surface area contributed by atoms with E-state index in [4.69, 9.17) is 0 Å². The number of halogens is 3. The van der Waals surface area contributed by atoms with Crippen LogP contribution in [0.5, 0.6) is 0 Å². The molecule has 0 N–H and O–H groups in total. The van der Waals surface area contributed by atoms with Gasteiger partial charge >= 0.3 is 8.19 Å². The molecule has 0 spiro atoms. The minimum absolute atomic E-state index is 0.0571. The first-order chi connectivity index (χ1) is 6.38. The minimum atomic E-state index is -5.03. The third kappa shape index (κ3) is 4.16. The Morgan fingerprint density at radius 1 is 1.07 bits per heavy atom. The van der Waals surface area contributed by atoms with E-state index in [-0.39, 0.29) is 5.92 Å². The largest absolute Gasteiger partial charge is 0.569 e. The zero-order valence-electron chi connectivity index (χ0n) is 8.85. The van der Waals surface area contributed by atoms with Gasteiger partial charge in [0.1, 0.15) is 0 Å². The molecule has 1 rings (SSSR count). The molecule has 4 heteroatoms. The van der Waals surface area contributed by atoms with Gasteiger partial charge in [0.05, 0.1) is 0 Å². The van der Waals surface area contributed by atoms with Crippen LogP contribution in [-0.2, 0) is 0 Å². The van der Waals surface area contributed by atoms with Gasteiger partial charge in [-0.05, 0) is 37.5 Å². The Morgan fingerprint density at radius 3 is 1.93 bits per heavy atom. The van der Waals surface area contributed by atoms with Crippen LogP contribution >= 0.6 is 8.19 Å². The maximum absolute atomic E-state index is 12.2. The zero-order chi connectivity index (χ0) is 10.8. The van der Waals surface area contributed by atoms with E-state index < -0.39 is 14.4 Å². The summed E-state index contributed by atoms with van der Waals surface area (Å²) >= 11 is 0. The second-order valence-corrected chi connectivity index (χ2v) is 6.22. The van der Waals surface area contributed by atoms with Crippen LogP contribution in [0.1, 0.15) is 39.5 Å². The van der Waals surface area contributed by atoms with Gasteiger partial charge in [0, 0.05) is 18.5 Å². The molecule has 0 unspecified atom stereocenters. The monoisotopic (exact) mass is 227 g/mol. The zero-order valence-corrected chi connectivity index (χ0v) is 9.74. The van der Waals surface area contributed by atoms with Crippen LogP contribution in [0, 0.1) is 17.8 Å². The van der Waals surface area contributed by atoms with E-state index in [9.17, 15) is 12.6 Å². The molecule has 0 aromatic rings. The summed E-state index contributed by atoms with van der Waals surface area (Å²) < 4.78 is 36.6. The highest BCUT2D eigenvalue weighted by molar-refractivity contribution is 7.60. The molecular formula is C10H19F3P+. The molecule has 1 fully saturated rings. The first-order valence-electron chi connectivity index (χ1n) is 5.35. The van der Waals surface area contributed by atoms with Crippen LogP contribution in [0.25, 0.3) is 0 Å². The van der Waals surface area contributed by atoms with Crippen LogP contribution in [0.3, 0.4) is 0 Å². The highest BCUT2D eigenvalue weighted by Gasteiger charge is 2.46. The molecule has 0 nitrogen and oxygen atoms in total. The summed E-state index contributed by atoms with van der Waals surface area (Å²) in [5, 5.41) is 0. The Hall–Kier alpha value is 0.220. The van der Waals surface area contributed by atoms with Crippen molar-refractivity contribution >= 4 is 8.19 Å². The molecular weight excluding hydrogens is 208 g/mol. The number of hydrogen-bond donors (Lipinski definition) is 0. The van der Waals surface area contributed by atoms with E-state index in [1.165, 1.54) is 0 Å². The molecule has 0 aliphatic heterocycles. The first-order valence-corrected chi connectivity index (χ1v) is 7.00. The van der Waals surface area contributed by atoms with Gasteiger partial charge in [0.25, 0.3) is 0 Å². The SMILES string of the molecule is CC(C)C1CCC(C[P+](F)(F)F)CC1. The summed E-state index contributed by atoms with van der Waals surface area (Å²) in [7, 11) is -5.03. The van der Waals surface area contributed by atoms with Crippen LogP contribution in [0.2, 0.25) is 0 Å². The molecule has 0 radical (unpaired) electrons. The average Bonchev–Trinajstić information content (AvgIpc) is 2.02. The predicted octanol–water partition coefficient (Wildman–Crippen LogP) is 5.12. The highest BCUT2D eigenvalue weighted by atomic mass is 31.3. The van der Waals surface area contributed by atoms with Gasteiger partial charge in [-0.15, -0.1) is 0 Å². The molecule has 0 amide bonds. The van der Waals surface area contributed by atoms with Crippen LogP contribution in [-0.4, -0.2) is 6.16 Å². The van der Waals surface area contributed by atoms with Crippen LogP contribution in [0.4, 0.5) is 12.6 Å². The summed E-state index contributed by atoms with van der Waals surface area (Å²) in [5.41, 5.74) is 0. The minimum Gasteiger partial charge on any atom is -0.0625 e. The van der Waals surface area contributed by atoms with Crippen molar-refractivity contribution in [1.29, 1.82) is 0 Å². The fraction of sp³-hybridized carbons (Fsp3) is 1.00. The smallest absolute Gasteiger partial charge is 0.0625 e. The second kappa shape index (κ2) is 4.83. The van der Waals surface area contributed by atoms with Crippen LogP contribution in [0.15, 0.2) is 0 Å². The fourth-order valence-corrected chi connectivity index (χ4v) is 3.28. The molecule has 0 aromatic heterocycles. The van der Waals surface area contributed by atoms with Crippen molar-refractivity contribution in [3.8, 4) is 0 Å². The topological polar surface area (TPSA) is 0 Å². The van der Waals surface area contributed by atoms with Gasteiger partial charge in [0.15, 0.2) is 6.16 Å². The van der Waals surface area contributed by atoms with Crippen LogP contribution < -0.4 is 0 Å². The van der Waals surface area contributed by atoms with Gasteiger partial charge in [-0.2, -0.15) is 0 Å². The Morgan fingerprint density at radius 2 is 1.57 bits per heavy atom. The third-order valence-electron chi connectivity index (χ3n) is 3.30. The Balaban J connectivity index is 2.29. The number of hydrogen-bond acceptors (Lipinski definition) is 0. The summed E-state index contributed by atoms with van der Waals surface area (Å²) in [6.07, 6.45) is 3.13. The van der Waals surface area contributed by atoms with E-state index >= 15 is 0 Å². The molecule has 0 aromatic carbocycles. The van der Waals surface area contributed by atoms with Crippen molar-refractivity contribution in [2.45, 2.75) is 39.5 Å². The molecule has 0 atom stereocenters. The van der Waals surface area contributed by atoms with Gasteiger partial charge in [-0.25, -0.2) is 0 Å². The predicted molar refractivity (Wildman–Crippen MR) is 55.4 cm³/mol. The first kappa shape index (κ1) is 12.3. The molecule has 0 heterocycles. The standard InChI is InChI=1S/C10H19F3P/c1-8(2)10-5-3-9(4-6-10)7-14(11,12)13/h8-10H,3-7H2,1-2H3/q+1. The van der Waals surface area contributed by atoms with Gasteiger partial charge < -0.3 is 0 Å². The van der Waals surface area contributed by atoms with Crippen molar-refractivity contribution in [1.82, 2.24) is 0 Å². The lowest BCUT2D eigenvalue weighted by Gasteiger charge is -2.29. The van der Waals surface area contributed by atoms with Gasteiger partial charge in [0.2, 0.25) is 0 Å². The molecule has 14 heavy (non-hydrogen) atoms. The van der Waals surface area contributed by atoms with Gasteiger partial charge in [-0.1, -0.05) is 13.8 Å². The Kier molecular flexibility index (Phi) is 4.24. The summed E-state index contributed by atoms with van der Waals surface area (Å²) in [4.78, 5) is 0. The summed E-state index contributed by atoms with van der Waals surface area (Å²) in [6, 6.07) is 0. The van der Waals surface area contributed by atoms with Crippen molar-refractivity contribution < 1.29 is 12.6 Å². The van der Waals surface area contributed by atoms with Crippen molar-refractivity contribution in [3.05, 3.63) is 0 Å². The molecule has 84 valence electrons. The van der Waals surface area contributed by atoms with E-state index in [0.29, 0.717) is 11.8 Å². The lowest BCUT2D eigenvalue weighted by molar-refractivity contribution is 0.233. The Labute approximate surface area is 85.0 Å². The lowest BCUT2D eigenvalue weighted by Crippen LogP contribution is -2.20. The summed E-state index contributed by atoms with van der Waals surface area (Å²) in [6.45, 7) is 4.34. The third-order valence-corrected chi connectivity index (χ3v) is 4.23. The highest BCUT2D eigenvalue weighted by Crippen LogP contribution is 2.66. The molecule has 1 saturated carbocycles. The van der Waals surface area contributed by atoms with Crippen molar-refractivity contribution in [3.63, 3.8) is 0 Å². The Bertz CT molecular complexity index is 169. The summed E-state index contributed by atoms with van der Waals surface area (Å²) in [5.74, 6) is 1.24. The fourth-order valence-electron chi connectivity index (χ4n) is 2.33. The molecule has 1 aliphatic carbocycles. The second-order valence-electron chi connectivity index (χ2n) is 4.76. The molecule has 0 bridgehead atoms. The van der Waals surface area contributed by atoms with E-state index in [2.05, 4.69) is 13.8 Å². The average molecular weight is 227 g/mol. The maximum Gasteiger partial charge on any atom is 0.569 e. The molecule has 1 aliphatic rings.